The number of hydrogen-bond acceptors (Lipinski definition) is 2. The molecule has 2 aliphatic carbocycles. The highest BCUT2D eigenvalue weighted by Gasteiger charge is 2.24. The summed E-state index contributed by atoms with van der Waals surface area (Å²) in [6, 6.07) is 3.11. The van der Waals surface area contributed by atoms with E-state index in [1.165, 1.54) is 36.8 Å². The average molecular weight is 188 g/mol. The van der Waals surface area contributed by atoms with Crippen LogP contribution in [0.2, 0.25) is 0 Å². The summed E-state index contributed by atoms with van der Waals surface area (Å²) in [7, 11) is 0. The molecular weight excluding hydrogens is 172 g/mol. The molecule has 3 rings (SSSR count). The van der Waals surface area contributed by atoms with Gasteiger partial charge in [0.25, 0.3) is 0 Å². The second-order valence-corrected chi connectivity index (χ2v) is 4.56. The lowest BCUT2D eigenvalue weighted by atomic mass is 10.1. The summed E-state index contributed by atoms with van der Waals surface area (Å²) in [5.74, 6) is 0.823. The standard InChI is InChI=1S/C12H16N2/c1-2-10(1)11-5-9(6-13-8-11)7-14-12-3-4-12/h5-6,8,10,12,14H,1-4,7H2. The number of pyridine rings is 1. The van der Waals surface area contributed by atoms with Crippen LogP contribution in [-0.2, 0) is 6.54 Å². The zero-order valence-corrected chi connectivity index (χ0v) is 8.37. The van der Waals surface area contributed by atoms with Gasteiger partial charge in [-0.25, -0.2) is 0 Å². The third kappa shape index (κ3) is 1.95. The van der Waals surface area contributed by atoms with Crippen molar-refractivity contribution < 1.29 is 0 Å². The van der Waals surface area contributed by atoms with Crippen LogP contribution in [-0.4, -0.2) is 11.0 Å². The molecule has 2 fully saturated rings. The molecule has 0 spiro atoms. The Morgan fingerprint density at radius 2 is 2.07 bits per heavy atom. The third-order valence-corrected chi connectivity index (χ3v) is 3.04. The number of hydrogen-bond donors (Lipinski definition) is 1. The van der Waals surface area contributed by atoms with Crippen LogP contribution in [0.4, 0.5) is 0 Å². The van der Waals surface area contributed by atoms with Gasteiger partial charge in [0.15, 0.2) is 0 Å². The van der Waals surface area contributed by atoms with Crippen LogP contribution in [0.15, 0.2) is 18.5 Å². The molecule has 2 aliphatic rings. The van der Waals surface area contributed by atoms with E-state index in [1.54, 1.807) is 0 Å². The molecule has 1 aromatic rings. The molecule has 2 nitrogen and oxygen atoms in total. The maximum absolute atomic E-state index is 4.30. The molecule has 0 bridgehead atoms. The van der Waals surface area contributed by atoms with Crippen LogP contribution in [0.3, 0.4) is 0 Å². The van der Waals surface area contributed by atoms with Gasteiger partial charge in [-0.1, -0.05) is 6.07 Å². The van der Waals surface area contributed by atoms with Gasteiger partial charge in [-0.15, -0.1) is 0 Å². The zero-order valence-electron chi connectivity index (χ0n) is 8.37. The lowest BCUT2D eigenvalue weighted by Gasteiger charge is -2.04. The minimum atomic E-state index is 0.791. The third-order valence-electron chi connectivity index (χ3n) is 3.04. The van der Waals surface area contributed by atoms with Gasteiger partial charge in [-0.3, -0.25) is 4.98 Å². The van der Waals surface area contributed by atoms with E-state index < -0.39 is 0 Å². The van der Waals surface area contributed by atoms with Crippen molar-refractivity contribution in [3.63, 3.8) is 0 Å². The van der Waals surface area contributed by atoms with Crippen molar-refractivity contribution in [2.45, 2.75) is 44.2 Å². The molecule has 0 amide bonds. The topological polar surface area (TPSA) is 24.9 Å². The van der Waals surface area contributed by atoms with E-state index >= 15 is 0 Å². The zero-order chi connectivity index (χ0) is 9.38. The predicted molar refractivity (Wildman–Crippen MR) is 56.1 cm³/mol. The van der Waals surface area contributed by atoms with Crippen molar-refractivity contribution in [2.24, 2.45) is 0 Å². The number of nitrogens with one attached hydrogen (secondary N) is 1. The molecule has 0 aromatic carbocycles. The number of rotatable bonds is 4. The molecular formula is C12H16N2. The maximum atomic E-state index is 4.30. The number of nitrogens with zero attached hydrogens (tertiary/aromatic N) is 1. The lowest BCUT2D eigenvalue weighted by Crippen LogP contribution is -2.15. The van der Waals surface area contributed by atoms with Gasteiger partial charge < -0.3 is 5.32 Å². The van der Waals surface area contributed by atoms with Gasteiger partial charge in [0.1, 0.15) is 0 Å². The van der Waals surface area contributed by atoms with Crippen molar-refractivity contribution in [2.75, 3.05) is 0 Å². The molecule has 14 heavy (non-hydrogen) atoms. The molecule has 2 heteroatoms. The molecule has 2 saturated carbocycles. The van der Waals surface area contributed by atoms with Gasteiger partial charge in [-0.2, -0.15) is 0 Å². The Morgan fingerprint density at radius 3 is 2.79 bits per heavy atom. The van der Waals surface area contributed by atoms with E-state index in [0.717, 1.165) is 18.5 Å². The van der Waals surface area contributed by atoms with Crippen LogP contribution in [0.1, 0.15) is 42.7 Å². The highest BCUT2D eigenvalue weighted by molar-refractivity contribution is 5.25. The lowest BCUT2D eigenvalue weighted by molar-refractivity contribution is 0.685. The van der Waals surface area contributed by atoms with Crippen LogP contribution >= 0.6 is 0 Å². The Morgan fingerprint density at radius 1 is 1.21 bits per heavy atom. The van der Waals surface area contributed by atoms with Crippen LogP contribution in [0.25, 0.3) is 0 Å². The van der Waals surface area contributed by atoms with E-state index in [-0.39, 0.29) is 0 Å². The average Bonchev–Trinajstić information content (AvgIpc) is 3.06. The summed E-state index contributed by atoms with van der Waals surface area (Å²) in [4.78, 5) is 4.30. The minimum Gasteiger partial charge on any atom is -0.310 e. The van der Waals surface area contributed by atoms with Crippen molar-refractivity contribution in [3.05, 3.63) is 29.6 Å². The molecule has 0 radical (unpaired) electrons. The smallest absolute Gasteiger partial charge is 0.0313 e. The van der Waals surface area contributed by atoms with Gasteiger partial charge in [0, 0.05) is 25.0 Å². The van der Waals surface area contributed by atoms with E-state index in [4.69, 9.17) is 0 Å². The summed E-state index contributed by atoms with van der Waals surface area (Å²) in [5, 5.41) is 3.52. The van der Waals surface area contributed by atoms with Crippen molar-refractivity contribution in [3.8, 4) is 0 Å². The minimum absolute atomic E-state index is 0.791. The predicted octanol–water partition coefficient (Wildman–Crippen LogP) is 2.21. The van der Waals surface area contributed by atoms with Crippen LogP contribution in [0, 0.1) is 0 Å². The first kappa shape index (κ1) is 8.42. The monoisotopic (exact) mass is 188 g/mol. The first-order valence-electron chi connectivity index (χ1n) is 5.59. The van der Waals surface area contributed by atoms with Crippen molar-refractivity contribution >= 4 is 0 Å². The molecule has 74 valence electrons. The van der Waals surface area contributed by atoms with Gasteiger partial charge in [0.2, 0.25) is 0 Å². The Labute approximate surface area is 84.7 Å². The van der Waals surface area contributed by atoms with Crippen LogP contribution in [0.5, 0.6) is 0 Å². The summed E-state index contributed by atoms with van der Waals surface area (Å²) in [6.45, 7) is 0.998. The molecule has 0 unspecified atom stereocenters. The fourth-order valence-corrected chi connectivity index (χ4v) is 1.79. The molecule has 1 aromatic heterocycles. The second kappa shape index (κ2) is 3.35. The summed E-state index contributed by atoms with van der Waals surface area (Å²) in [6.07, 6.45) is 9.45. The highest BCUT2D eigenvalue weighted by Crippen LogP contribution is 2.39. The van der Waals surface area contributed by atoms with E-state index in [1.807, 2.05) is 12.4 Å². The summed E-state index contributed by atoms with van der Waals surface area (Å²) in [5.41, 5.74) is 2.79. The number of aromatic nitrogens is 1. The molecule has 0 saturated heterocycles. The Hall–Kier alpha value is -0.890. The van der Waals surface area contributed by atoms with Crippen LogP contribution < -0.4 is 5.32 Å². The van der Waals surface area contributed by atoms with Crippen molar-refractivity contribution in [1.82, 2.24) is 10.3 Å². The Balaban J connectivity index is 1.66. The van der Waals surface area contributed by atoms with Gasteiger partial charge in [-0.05, 0) is 42.7 Å². The van der Waals surface area contributed by atoms with Gasteiger partial charge in [0.05, 0.1) is 0 Å². The second-order valence-electron chi connectivity index (χ2n) is 4.56. The molecule has 1 N–H and O–H groups in total. The summed E-state index contributed by atoms with van der Waals surface area (Å²) < 4.78 is 0. The molecule has 0 aliphatic heterocycles. The first-order valence-corrected chi connectivity index (χ1v) is 5.59. The van der Waals surface area contributed by atoms with E-state index in [9.17, 15) is 0 Å². The maximum Gasteiger partial charge on any atom is 0.0313 e. The fraction of sp³-hybridized carbons (Fsp3) is 0.583. The van der Waals surface area contributed by atoms with E-state index in [0.29, 0.717) is 0 Å². The Kier molecular flexibility index (Phi) is 2.02. The largest absolute Gasteiger partial charge is 0.310 e. The van der Waals surface area contributed by atoms with Gasteiger partial charge >= 0.3 is 0 Å². The van der Waals surface area contributed by atoms with E-state index in [2.05, 4.69) is 16.4 Å². The normalized spacial score (nSPS) is 21.1. The molecule has 0 atom stereocenters. The fourth-order valence-electron chi connectivity index (χ4n) is 1.79. The quantitative estimate of drug-likeness (QED) is 0.783. The SMILES string of the molecule is c1ncc(C2CC2)cc1CNC1CC1. The Bertz CT molecular complexity index is 327. The highest BCUT2D eigenvalue weighted by atomic mass is 14.9. The summed E-state index contributed by atoms with van der Waals surface area (Å²) >= 11 is 0. The van der Waals surface area contributed by atoms with Crippen molar-refractivity contribution in [1.29, 1.82) is 0 Å². The first-order chi connectivity index (χ1) is 6.92. The molecule has 1 heterocycles.